The molecule has 0 saturated carbocycles. The number of guanidine groups is 1. The standard InChI is InChI=1S/C70H102N20O18S2/c1-37(2)57(90-66(105)52(32-56(95)96)86-62(101)47(24-27-110-3)82-63(102)49(28-38-10-5-4-6-11-38)84-59(98)44(72)12-7-8-25-71)69(108)87-51(30-40-16-20-43(93)21-17-40)64(103)81-46(22-23-55(73)94)61(100)80-45(13-9-26-78-70(75)76)60(99)88-53(34-91)67(106)85-50(29-39-14-18-42(92)19-15-39)65(104)89-54(35-109)68(107)83-48(58(74)97)31-41-33-77-36-79-41/h4-6,10-11,14-21,33,36-37,44-54,57,91-93,109H,7-9,12-13,22-32,34-35,71-72H2,1-3H3,(H2,73,94)(H2,74,97)(H,77,79)(H,80,100)(H,81,103)(H,82,102)(H,83,107)(H,84,98)(H,85,106)(H,86,101)(H,87,108)(H,88,99)(H,89,104)(H,90,105)(H,95,96)(H4,75,76,78)/t44-,45-,46-,47-,48-,49-,50-,51-,52-,53-,54-,57-/m0/s1. The van der Waals surface area contributed by atoms with Gasteiger partial charge in [0.15, 0.2) is 5.96 Å². The third-order valence-electron chi connectivity index (χ3n) is 16.9. The third kappa shape index (κ3) is 32.8. The number of aliphatic hydroxyl groups excluding tert-OH is 1. The summed E-state index contributed by atoms with van der Waals surface area (Å²) in [5.41, 5.74) is 30.1. The maximum absolute atomic E-state index is 14.8. The van der Waals surface area contributed by atoms with E-state index in [1.807, 2.05) is 0 Å². The van der Waals surface area contributed by atoms with E-state index in [9.17, 15) is 87.5 Å². The fourth-order valence-corrected chi connectivity index (χ4v) is 11.6. The molecule has 0 aliphatic rings. The molecule has 0 fully saturated rings. The second-order valence-electron chi connectivity index (χ2n) is 26.1. The predicted octanol–water partition coefficient (Wildman–Crippen LogP) is -5.30. The van der Waals surface area contributed by atoms with Crippen molar-refractivity contribution in [3.8, 4) is 11.5 Å². The second kappa shape index (κ2) is 47.6. The van der Waals surface area contributed by atoms with Crippen LogP contribution in [0.25, 0.3) is 0 Å². The highest BCUT2D eigenvalue weighted by atomic mass is 32.2. The number of unbranched alkanes of at least 4 members (excludes halogenated alkanes) is 1. The Labute approximate surface area is 644 Å². The lowest BCUT2D eigenvalue weighted by Crippen LogP contribution is -2.62. The molecular weight excluding hydrogens is 1470 g/mol. The van der Waals surface area contributed by atoms with Gasteiger partial charge in [-0.2, -0.15) is 24.4 Å². The van der Waals surface area contributed by atoms with E-state index in [0.29, 0.717) is 41.8 Å². The number of benzene rings is 3. The number of rotatable bonds is 50. The van der Waals surface area contributed by atoms with Gasteiger partial charge in [0.25, 0.3) is 0 Å². The number of phenolic OH excluding ortho intramolecular Hbond substituents is 2. The van der Waals surface area contributed by atoms with Gasteiger partial charge in [0.1, 0.15) is 78.0 Å². The van der Waals surface area contributed by atoms with Gasteiger partial charge in [0, 0.05) is 56.3 Å². The van der Waals surface area contributed by atoms with Crippen LogP contribution in [-0.2, 0) is 92.8 Å². The number of nitrogens with two attached hydrogens (primary N) is 5. The van der Waals surface area contributed by atoms with Crippen LogP contribution in [0.3, 0.4) is 0 Å². The number of imidazole rings is 1. The van der Waals surface area contributed by atoms with Crippen LogP contribution in [0.5, 0.6) is 11.5 Å². The molecule has 40 heteroatoms. The molecule has 28 N–H and O–H groups in total. The smallest absolute Gasteiger partial charge is 0.305 e. The molecule has 38 nitrogen and oxygen atoms in total. The van der Waals surface area contributed by atoms with Gasteiger partial charge in [0.05, 0.1) is 25.4 Å². The van der Waals surface area contributed by atoms with Crippen molar-refractivity contribution in [1.82, 2.24) is 73.8 Å². The number of H-pyrrole nitrogens is 1. The Hall–Kier alpha value is -11.1. The Balaban J connectivity index is 1.62. The molecule has 3 aromatic carbocycles. The first-order valence-corrected chi connectivity index (χ1v) is 37.2. The summed E-state index contributed by atoms with van der Waals surface area (Å²) >= 11 is 5.51. The van der Waals surface area contributed by atoms with E-state index in [4.69, 9.17) is 34.1 Å². The molecule has 1 aromatic heterocycles. The van der Waals surface area contributed by atoms with E-state index in [2.05, 4.69) is 86.4 Å². The second-order valence-corrected chi connectivity index (χ2v) is 27.4. The molecule has 1 heterocycles. The zero-order valence-corrected chi connectivity index (χ0v) is 62.8. The average Bonchev–Trinajstić information content (AvgIpc) is 0.930. The molecule has 0 spiro atoms. The molecule has 13 amide bonds. The van der Waals surface area contributed by atoms with Crippen LogP contribution in [0.4, 0.5) is 0 Å². The number of hydrogen-bond acceptors (Lipinski definition) is 23. The highest BCUT2D eigenvalue weighted by Crippen LogP contribution is 2.17. The molecule has 12 atom stereocenters. The van der Waals surface area contributed by atoms with E-state index in [1.165, 1.54) is 86.7 Å². The number of primary amides is 2. The fourth-order valence-electron chi connectivity index (χ4n) is 10.8. The van der Waals surface area contributed by atoms with Crippen molar-refractivity contribution in [2.75, 3.05) is 37.5 Å². The highest BCUT2D eigenvalue weighted by Gasteiger charge is 2.38. The number of phenols is 2. The lowest BCUT2D eigenvalue weighted by Gasteiger charge is -2.29. The summed E-state index contributed by atoms with van der Waals surface area (Å²) in [6.45, 7) is 2.11. The number of thiol groups is 1. The molecule has 4 rings (SSSR count). The van der Waals surface area contributed by atoms with Crippen LogP contribution in [0.2, 0.25) is 0 Å². The van der Waals surface area contributed by atoms with E-state index < -0.39 is 199 Å². The van der Waals surface area contributed by atoms with Crippen molar-refractivity contribution in [2.24, 2.45) is 34.6 Å². The lowest BCUT2D eigenvalue weighted by atomic mass is 9.99. The number of aromatic nitrogens is 2. The monoisotopic (exact) mass is 1570 g/mol. The number of carbonyl (C=O) groups is 14. The van der Waals surface area contributed by atoms with Gasteiger partial charge in [-0.15, -0.1) is 0 Å². The summed E-state index contributed by atoms with van der Waals surface area (Å²) < 4.78 is 0. The Bertz CT molecular complexity index is 3740. The van der Waals surface area contributed by atoms with Crippen molar-refractivity contribution in [1.29, 1.82) is 5.41 Å². The minimum atomic E-state index is -1.92. The van der Waals surface area contributed by atoms with E-state index >= 15 is 0 Å². The summed E-state index contributed by atoms with van der Waals surface area (Å²) in [5.74, 6) is -16.6. The first kappa shape index (κ1) is 91.3. The van der Waals surface area contributed by atoms with Gasteiger partial charge >= 0.3 is 5.97 Å². The number of carboxylic acid groups (broad SMARTS) is 1. The van der Waals surface area contributed by atoms with Crippen LogP contribution in [0, 0.1) is 11.3 Å². The number of amides is 13. The van der Waals surface area contributed by atoms with E-state index in [1.54, 1.807) is 36.6 Å². The zero-order chi connectivity index (χ0) is 81.6. The molecule has 0 saturated heterocycles. The van der Waals surface area contributed by atoms with Crippen molar-refractivity contribution >= 4 is 113 Å². The summed E-state index contributed by atoms with van der Waals surface area (Å²) in [5, 5.41) is 78.4. The summed E-state index contributed by atoms with van der Waals surface area (Å²) in [7, 11) is 0. The number of aromatic amines is 1. The van der Waals surface area contributed by atoms with Crippen LogP contribution >= 0.6 is 24.4 Å². The van der Waals surface area contributed by atoms with Gasteiger partial charge in [-0.3, -0.25) is 72.5 Å². The molecule has 0 bridgehead atoms. The maximum Gasteiger partial charge on any atom is 0.305 e. The molecule has 0 radical (unpaired) electrons. The number of aliphatic carboxylic acids is 1. The van der Waals surface area contributed by atoms with Crippen molar-refractivity contribution in [2.45, 2.75) is 170 Å². The van der Waals surface area contributed by atoms with E-state index in [0.717, 1.165) is 0 Å². The molecule has 4 aromatic rings. The van der Waals surface area contributed by atoms with Crippen LogP contribution in [0.1, 0.15) is 94.0 Å². The van der Waals surface area contributed by atoms with Crippen molar-refractivity contribution < 1.29 is 87.5 Å². The molecular formula is C70H102N20O18S2. The quantitative estimate of drug-likeness (QED) is 0.00850. The van der Waals surface area contributed by atoms with Gasteiger partial charge in [0.2, 0.25) is 76.8 Å². The summed E-state index contributed by atoms with van der Waals surface area (Å²) in [4.78, 5) is 200. The highest BCUT2D eigenvalue weighted by molar-refractivity contribution is 7.98. The van der Waals surface area contributed by atoms with Crippen LogP contribution in [-0.4, -0.2) is 229 Å². The van der Waals surface area contributed by atoms with Gasteiger partial charge in [-0.1, -0.05) is 74.9 Å². The number of aliphatic hydroxyl groups is 1. The van der Waals surface area contributed by atoms with Crippen molar-refractivity contribution in [3.63, 3.8) is 0 Å². The predicted molar refractivity (Wildman–Crippen MR) is 406 cm³/mol. The number of carbonyl (C=O) groups excluding carboxylic acids is 13. The zero-order valence-electron chi connectivity index (χ0n) is 61.1. The number of nitrogens with one attached hydrogen (secondary N) is 14. The first-order chi connectivity index (χ1) is 52.2. The van der Waals surface area contributed by atoms with E-state index in [-0.39, 0.29) is 74.5 Å². The normalized spacial score (nSPS) is 14.3. The summed E-state index contributed by atoms with van der Waals surface area (Å²) in [6.07, 6.45) is 2.32. The SMILES string of the molecule is CSCC[C@H](NC(=O)[C@H](Cc1ccccc1)NC(=O)[C@@H](N)CCCCN)C(=O)N[C@@H](CC(=O)O)C(=O)N[C@H](C(=O)N[C@@H](Cc1ccc(O)cc1)C(=O)N[C@@H](CCC(N)=O)C(=O)N[C@@H](CCCNC(=N)N)C(=O)N[C@@H](CO)C(=O)N[C@@H](Cc1ccc(O)cc1)C(=O)N[C@@H](CS)C(=O)N[C@@H](Cc1cnc[nH]1)C(N)=O)C(C)C. The number of carboxylic acids is 1. The first-order valence-electron chi connectivity index (χ1n) is 35.2. The Morgan fingerprint density at radius 1 is 0.518 bits per heavy atom. The molecule has 0 unspecified atom stereocenters. The minimum absolute atomic E-state index is 0.0377. The molecule has 110 heavy (non-hydrogen) atoms. The third-order valence-corrected chi connectivity index (χ3v) is 18.0. The minimum Gasteiger partial charge on any atom is -0.508 e. The number of nitrogens with zero attached hydrogens (tertiary/aromatic N) is 1. The maximum atomic E-state index is 14.8. The number of hydrogen-bond donors (Lipinski definition) is 24. The molecule has 0 aliphatic carbocycles. The lowest BCUT2D eigenvalue weighted by molar-refractivity contribution is -0.141. The van der Waals surface area contributed by atoms with Crippen LogP contribution < -0.4 is 92.5 Å². The fraction of sp³-hybridized carbons (Fsp3) is 0.486. The summed E-state index contributed by atoms with van der Waals surface area (Å²) in [6, 6.07) is 0.567. The van der Waals surface area contributed by atoms with Gasteiger partial charge in [-0.05, 0) is 104 Å². The Morgan fingerprint density at radius 2 is 0.955 bits per heavy atom. The van der Waals surface area contributed by atoms with Crippen molar-refractivity contribution in [3.05, 3.63) is 114 Å². The van der Waals surface area contributed by atoms with Crippen LogP contribution in [0.15, 0.2) is 91.4 Å². The number of thioether (sulfide) groups is 1. The molecule has 602 valence electrons. The number of aromatic hydroxyl groups is 2. The topological polar surface area (TPSA) is 647 Å². The largest absolute Gasteiger partial charge is 0.508 e. The molecule has 0 aliphatic heterocycles. The Kier molecular flexibility index (Phi) is 39.5. The average molecular weight is 1580 g/mol. The Morgan fingerprint density at radius 3 is 1.42 bits per heavy atom. The van der Waals surface area contributed by atoms with Gasteiger partial charge < -0.3 is 118 Å². The van der Waals surface area contributed by atoms with Gasteiger partial charge in [-0.25, -0.2) is 4.98 Å².